The molecule has 3 rings (SSSR count). The Hall–Kier alpha value is -2.29. The van der Waals surface area contributed by atoms with Crippen molar-refractivity contribution in [3.63, 3.8) is 0 Å². The van der Waals surface area contributed by atoms with E-state index >= 15 is 0 Å². The fourth-order valence-corrected chi connectivity index (χ4v) is 2.91. The number of ether oxygens (including phenoxy) is 2. The van der Waals surface area contributed by atoms with E-state index in [0.29, 0.717) is 13.0 Å². The predicted molar refractivity (Wildman–Crippen MR) is 69.4 cm³/mol. The number of nitrogens with one attached hydrogen (secondary N) is 2. The van der Waals surface area contributed by atoms with Crippen LogP contribution in [0.5, 0.6) is 11.8 Å². The summed E-state index contributed by atoms with van der Waals surface area (Å²) in [6, 6.07) is 4.79. The average Bonchev–Trinajstić information content (AvgIpc) is 3.05. The van der Waals surface area contributed by atoms with E-state index < -0.39 is 10.0 Å². The van der Waals surface area contributed by atoms with Crippen molar-refractivity contribution in [1.29, 1.82) is 0 Å². The topological polar surface area (TPSA) is 106 Å². The van der Waals surface area contributed by atoms with E-state index in [2.05, 4.69) is 19.9 Å². The highest BCUT2D eigenvalue weighted by Gasteiger charge is 2.20. The first-order valence-corrected chi connectivity index (χ1v) is 7.32. The molecule has 1 aromatic carbocycles. The quantitative estimate of drug-likeness (QED) is 0.853. The van der Waals surface area contributed by atoms with Crippen LogP contribution >= 0.6 is 0 Å². The average molecular weight is 296 g/mol. The standard InChI is InChI=1S/C11H12N4O4S/c1-18-11-12-10(13-14-11)15-20(16,17)8-2-3-9-7(6-8)4-5-19-9/h2-3,6H,4-5H2,1H3,(H2,12,13,14,15). The summed E-state index contributed by atoms with van der Waals surface area (Å²) in [6.45, 7) is 0.575. The van der Waals surface area contributed by atoms with Crippen molar-refractivity contribution in [2.75, 3.05) is 18.4 Å². The van der Waals surface area contributed by atoms with Gasteiger partial charge in [-0.2, -0.15) is 4.98 Å². The third-order valence-corrected chi connectivity index (χ3v) is 4.19. The Balaban J connectivity index is 1.88. The van der Waals surface area contributed by atoms with Crippen LogP contribution in [0.2, 0.25) is 0 Å². The Morgan fingerprint density at radius 3 is 3.05 bits per heavy atom. The summed E-state index contributed by atoms with van der Waals surface area (Å²) in [5.41, 5.74) is 0.878. The molecule has 0 radical (unpaired) electrons. The van der Waals surface area contributed by atoms with Crippen molar-refractivity contribution in [3.8, 4) is 11.8 Å². The Morgan fingerprint density at radius 2 is 2.30 bits per heavy atom. The summed E-state index contributed by atoms with van der Waals surface area (Å²) in [5, 5.41) is 6.10. The van der Waals surface area contributed by atoms with Gasteiger partial charge >= 0.3 is 6.01 Å². The predicted octanol–water partition coefficient (Wildman–Crippen LogP) is 0.549. The largest absolute Gasteiger partial charge is 0.493 e. The van der Waals surface area contributed by atoms with Gasteiger partial charge in [0.2, 0.25) is 5.95 Å². The lowest BCUT2D eigenvalue weighted by molar-refractivity contribution is 0.356. The summed E-state index contributed by atoms with van der Waals surface area (Å²) in [7, 11) is -2.33. The minimum Gasteiger partial charge on any atom is -0.493 e. The molecular formula is C11H12N4O4S. The zero-order valence-electron chi connectivity index (χ0n) is 10.6. The molecule has 1 aromatic heterocycles. The second-order valence-electron chi connectivity index (χ2n) is 4.14. The van der Waals surface area contributed by atoms with Crippen molar-refractivity contribution >= 4 is 16.0 Å². The molecule has 8 nitrogen and oxygen atoms in total. The fraction of sp³-hybridized carbons (Fsp3) is 0.273. The lowest BCUT2D eigenvalue weighted by atomic mass is 10.2. The number of fused-ring (bicyclic) bond motifs is 1. The van der Waals surface area contributed by atoms with Crippen LogP contribution in [0.1, 0.15) is 5.56 Å². The number of hydrogen-bond donors (Lipinski definition) is 2. The number of hydrogen-bond acceptors (Lipinski definition) is 6. The Morgan fingerprint density at radius 1 is 1.45 bits per heavy atom. The summed E-state index contributed by atoms with van der Waals surface area (Å²) in [5.74, 6) is 0.726. The van der Waals surface area contributed by atoms with Crippen molar-refractivity contribution < 1.29 is 17.9 Å². The molecule has 0 aliphatic carbocycles. The van der Waals surface area contributed by atoms with Crippen LogP contribution in [0.3, 0.4) is 0 Å². The molecule has 0 amide bonds. The summed E-state index contributed by atoms with van der Waals surface area (Å²) in [4.78, 5) is 3.96. The minimum absolute atomic E-state index is 0.00130. The van der Waals surface area contributed by atoms with Crippen LogP contribution in [0, 0.1) is 0 Å². The normalized spacial score (nSPS) is 13.7. The second kappa shape index (κ2) is 4.67. The lowest BCUT2D eigenvalue weighted by Gasteiger charge is -2.06. The van der Waals surface area contributed by atoms with E-state index in [0.717, 1.165) is 11.3 Å². The summed E-state index contributed by atoms with van der Waals surface area (Å²) < 4.78 is 36.9. The first kappa shape index (κ1) is 12.7. The number of benzene rings is 1. The highest BCUT2D eigenvalue weighted by Crippen LogP contribution is 2.28. The highest BCUT2D eigenvalue weighted by atomic mass is 32.2. The van der Waals surface area contributed by atoms with Crippen molar-refractivity contribution in [2.45, 2.75) is 11.3 Å². The third kappa shape index (κ3) is 2.27. The van der Waals surface area contributed by atoms with Gasteiger partial charge in [-0.05, 0) is 23.8 Å². The molecule has 0 unspecified atom stereocenters. The van der Waals surface area contributed by atoms with E-state index in [4.69, 9.17) is 9.47 Å². The van der Waals surface area contributed by atoms with Crippen molar-refractivity contribution in [3.05, 3.63) is 23.8 Å². The number of methoxy groups -OCH3 is 1. The van der Waals surface area contributed by atoms with Crippen molar-refractivity contribution in [2.24, 2.45) is 0 Å². The molecule has 1 aliphatic rings. The Bertz CT molecular complexity index is 741. The van der Waals surface area contributed by atoms with Gasteiger partial charge in [0.1, 0.15) is 5.75 Å². The van der Waals surface area contributed by atoms with Gasteiger partial charge in [-0.25, -0.2) is 18.2 Å². The monoisotopic (exact) mass is 296 g/mol. The van der Waals surface area contributed by atoms with Gasteiger partial charge in [-0.3, -0.25) is 0 Å². The highest BCUT2D eigenvalue weighted by molar-refractivity contribution is 7.92. The number of anilines is 1. The van der Waals surface area contributed by atoms with Crippen LogP contribution in [-0.2, 0) is 16.4 Å². The molecule has 9 heteroatoms. The van der Waals surface area contributed by atoms with Gasteiger partial charge in [0.05, 0.1) is 18.6 Å². The molecule has 106 valence electrons. The SMILES string of the molecule is COc1n[nH]c(NS(=O)(=O)c2ccc3c(c2)CCO3)n1. The molecule has 0 fully saturated rings. The van der Waals surface area contributed by atoms with Crippen LogP contribution in [0.4, 0.5) is 5.95 Å². The number of nitrogens with zero attached hydrogens (tertiary/aromatic N) is 2. The molecule has 2 N–H and O–H groups in total. The first-order valence-electron chi connectivity index (χ1n) is 5.83. The van der Waals surface area contributed by atoms with Gasteiger partial charge in [0.15, 0.2) is 0 Å². The number of aromatic nitrogens is 3. The molecule has 0 atom stereocenters. The minimum atomic E-state index is -3.72. The smallest absolute Gasteiger partial charge is 0.336 e. The Kier molecular flexibility index (Phi) is 2.97. The number of H-pyrrole nitrogens is 1. The summed E-state index contributed by atoms with van der Waals surface area (Å²) >= 11 is 0. The molecule has 20 heavy (non-hydrogen) atoms. The van der Waals surface area contributed by atoms with E-state index in [9.17, 15) is 8.42 Å². The number of sulfonamides is 1. The Labute approximate surface area is 115 Å². The van der Waals surface area contributed by atoms with E-state index in [1.165, 1.54) is 13.2 Å². The third-order valence-electron chi connectivity index (χ3n) is 2.85. The zero-order chi connectivity index (χ0) is 14.2. The number of aromatic amines is 1. The van der Waals surface area contributed by atoms with Crippen molar-refractivity contribution in [1.82, 2.24) is 15.2 Å². The molecule has 1 aliphatic heterocycles. The van der Waals surface area contributed by atoms with Crippen LogP contribution in [0.15, 0.2) is 23.1 Å². The van der Waals surface area contributed by atoms with E-state index in [1.807, 2.05) is 0 Å². The van der Waals surface area contributed by atoms with Crippen LogP contribution in [-0.4, -0.2) is 37.3 Å². The van der Waals surface area contributed by atoms with Crippen LogP contribution in [0.25, 0.3) is 0 Å². The van der Waals surface area contributed by atoms with Crippen LogP contribution < -0.4 is 14.2 Å². The van der Waals surface area contributed by atoms with Gasteiger partial charge in [-0.1, -0.05) is 0 Å². The lowest BCUT2D eigenvalue weighted by Crippen LogP contribution is -2.14. The second-order valence-corrected chi connectivity index (χ2v) is 5.83. The van der Waals surface area contributed by atoms with Gasteiger partial charge in [-0.15, -0.1) is 5.10 Å². The fourth-order valence-electron chi connectivity index (χ4n) is 1.90. The first-order chi connectivity index (χ1) is 9.58. The molecule has 0 spiro atoms. The molecule has 2 heterocycles. The van der Waals surface area contributed by atoms with Gasteiger partial charge < -0.3 is 9.47 Å². The molecule has 0 saturated carbocycles. The maximum Gasteiger partial charge on any atom is 0.336 e. The zero-order valence-corrected chi connectivity index (χ0v) is 11.4. The van der Waals surface area contributed by atoms with Gasteiger partial charge in [0.25, 0.3) is 10.0 Å². The number of rotatable bonds is 4. The molecule has 0 bridgehead atoms. The van der Waals surface area contributed by atoms with E-state index in [-0.39, 0.29) is 16.9 Å². The molecule has 2 aromatic rings. The molecule has 0 saturated heterocycles. The maximum absolute atomic E-state index is 12.2. The van der Waals surface area contributed by atoms with E-state index in [1.54, 1.807) is 12.1 Å². The summed E-state index contributed by atoms with van der Waals surface area (Å²) in [6.07, 6.45) is 0.703. The maximum atomic E-state index is 12.2. The van der Waals surface area contributed by atoms with Gasteiger partial charge in [0, 0.05) is 6.42 Å². The molecular weight excluding hydrogens is 284 g/mol.